The SMILES string of the molecule is CC(=O)OC[C@H]1[C@H]2CO[C@H](n3cc(C)c(=O)[nH]c3=O)[C@H]21. The monoisotopic (exact) mass is 280 g/mol. The van der Waals surface area contributed by atoms with E-state index in [0.29, 0.717) is 24.7 Å². The summed E-state index contributed by atoms with van der Waals surface area (Å²) >= 11 is 0. The Morgan fingerprint density at radius 2 is 2.30 bits per heavy atom. The summed E-state index contributed by atoms with van der Waals surface area (Å²) in [5.41, 5.74) is -0.383. The van der Waals surface area contributed by atoms with Gasteiger partial charge in [-0.2, -0.15) is 0 Å². The molecule has 3 rings (SSSR count). The zero-order valence-corrected chi connectivity index (χ0v) is 11.3. The molecule has 2 heterocycles. The number of aromatic amines is 1. The number of hydrogen-bond donors (Lipinski definition) is 1. The van der Waals surface area contributed by atoms with Crippen molar-refractivity contribution >= 4 is 5.97 Å². The number of esters is 1. The number of fused-ring (bicyclic) bond motifs is 1. The maximum Gasteiger partial charge on any atom is 0.330 e. The van der Waals surface area contributed by atoms with Crippen LogP contribution in [-0.2, 0) is 14.3 Å². The van der Waals surface area contributed by atoms with Gasteiger partial charge in [-0.15, -0.1) is 0 Å². The van der Waals surface area contributed by atoms with Crippen LogP contribution in [0.3, 0.4) is 0 Å². The first-order valence-corrected chi connectivity index (χ1v) is 6.56. The maximum atomic E-state index is 11.9. The molecule has 1 aromatic rings. The van der Waals surface area contributed by atoms with Crippen molar-refractivity contribution in [2.75, 3.05) is 13.2 Å². The third-order valence-corrected chi connectivity index (χ3v) is 4.09. The van der Waals surface area contributed by atoms with Crippen LogP contribution in [0.4, 0.5) is 0 Å². The molecule has 1 saturated carbocycles. The van der Waals surface area contributed by atoms with E-state index in [1.807, 2.05) is 0 Å². The van der Waals surface area contributed by atoms with Crippen LogP contribution in [-0.4, -0.2) is 28.7 Å². The van der Waals surface area contributed by atoms with Gasteiger partial charge < -0.3 is 9.47 Å². The molecule has 1 saturated heterocycles. The number of nitrogens with one attached hydrogen (secondary N) is 1. The Balaban J connectivity index is 1.79. The predicted molar refractivity (Wildman–Crippen MR) is 68.2 cm³/mol. The van der Waals surface area contributed by atoms with Crippen molar-refractivity contribution in [3.05, 3.63) is 32.6 Å². The quantitative estimate of drug-likeness (QED) is 0.774. The topological polar surface area (TPSA) is 90.4 Å². The smallest absolute Gasteiger partial charge is 0.330 e. The van der Waals surface area contributed by atoms with Gasteiger partial charge in [0.1, 0.15) is 6.23 Å². The highest BCUT2D eigenvalue weighted by atomic mass is 16.5. The van der Waals surface area contributed by atoms with E-state index in [1.54, 1.807) is 6.92 Å². The summed E-state index contributed by atoms with van der Waals surface area (Å²) < 4.78 is 12.1. The second-order valence-electron chi connectivity index (χ2n) is 5.41. The molecule has 20 heavy (non-hydrogen) atoms. The molecule has 7 heteroatoms. The molecule has 0 amide bonds. The van der Waals surface area contributed by atoms with Gasteiger partial charge in [-0.25, -0.2) is 4.79 Å². The van der Waals surface area contributed by atoms with Crippen molar-refractivity contribution in [1.29, 1.82) is 0 Å². The zero-order chi connectivity index (χ0) is 14.4. The van der Waals surface area contributed by atoms with Gasteiger partial charge in [0, 0.05) is 30.5 Å². The number of nitrogens with zero attached hydrogens (tertiary/aromatic N) is 1. The number of aromatic nitrogens is 2. The van der Waals surface area contributed by atoms with Crippen LogP contribution in [0.5, 0.6) is 0 Å². The molecular formula is C13H16N2O5. The van der Waals surface area contributed by atoms with Crippen molar-refractivity contribution in [2.24, 2.45) is 17.8 Å². The van der Waals surface area contributed by atoms with Crippen molar-refractivity contribution < 1.29 is 14.3 Å². The fourth-order valence-electron chi connectivity index (χ4n) is 2.94. The first kappa shape index (κ1) is 13.1. The van der Waals surface area contributed by atoms with Gasteiger partial charge >= 0.3 is 11.7 Å². The van der Waals surface area contributed by atoms with Gasteiger partial charge in [-0.05, 0) is 12.8 Å². The molecule has 2 aliphatic rings. The van der Waals surface area contributed by atoms with Gasteiger partial charge in [0.05, 0.1) is 13.2 Å². The molecule has 0 radical (unpaired) electrons. The van der Waals surface area contributed by atoms with E-state index < -0.39 is 5.69 Å². The largest absolute Gasteiger partial charge is 0.466 e. The third-order valence-electron chi connectivity index (χ3n) is 4.09. The van der Waals surface area contributed by atoms with Gasteiger partial charge in [0.25, 0.3) is 5.56 Å². The molecule has 7 nitrogen and oxygen atoms in total. The number of ether oxygens (including phenoxy) is 2. The molecule has 1 aliphatic carbocycles. The molecule has 0 bridgehead atoms. The van der Waals surface area contributed by atoms with Crippen LogP contribution in [0.1, 0.15) is 18.7 Å². The Kier molecular flexibility index (Phi) is 3.01. The number of rotatable bonds is 3. The lowest BCUT2D eigenvalue weighted by molar-refractivity contribution is -0.142. The Bertz CT molecular complexity index is 661. The van der Waals surface area contributed by atoms with Crippen LogP contribution in [0.2, 0.25) is 0 Å². The number of aryl methyl sites for hydroxylation is 1. The summed E-state index contributed by atoms with van der Waals surface area (Å²) in [4.78, 5) is 36.3. The molecule has 0 aromatic carbocycles. The van der Waals surface area contributed by atoms with E-state index in [2.05, 4.69) is 4.98 Å². The molecule has 0 spiro atoms. The number of carbonyl (C=O) groups excluding carboxylic acids is 1. The first-order valence-electron chi connectivity index (χ1n) is 6.56. The van der Waals surface area contributed by atoms with Gasteiger partial charge in [0.15, 0.2) is 0 Å². The van der Waals surface area contributed by atoms with Gasteiger partial charge in [-0.1, -0.05) is 0 Å². The predicted octanol–water partition coefficient (Wildman–Crippen LogP) is -0.201. The summed E-state index contributed by atoms with van der Waals surface area (Å²) in [6.45, 7) is 3.93. The van der Waals surface area contributed by atoms with Gasteiger partial charge in [0.2, 0.25) is 0 Å². The Morgan fingerprint density at radius 3 is 3.00 bits per heavy atom. The first-order chi connectivity index (χ1) is 9.49. The van der Waals surface area contributed by atoms with Crippen molar-refractivity contribution in [2.45, 2.75) is 20.1 Å². The minimum atomic E-state index is -0.468. The fraction of sp³-hybridized carbons (Fsp3) is 0.615. The maximum absolute atomic E-state index is 11.9. The number of H-pyrrole nitrogens is 1. The average Bonchev–Trinajstić information content (AvgIpc) is 2.89. The third kappa shape index (κ3) is 2.07. The highest BCUT2D eigenvalue weighted by molar-refractivity contribution is 5.65. The van der Waals surface area contributed by atoms with E-state index in [1.165, 1.54) is 17.7 Å². The van der Waals surface area contributed by atoms with Crippen LogP contribution in [0.25, 0.3) is 0 Å². The normalized spacial score (nSPS) is 30.9. The number of hydrogen-bond acceptors (Lipinski definition) is 5. The molecule has 108 valence electrons. The molecular weight excluding hydrogens is 264 g/mol. The molecule has 1 aromatic heterocycles. The lowest BCUT2D eigenvalue weighted by atomic mass is 10.3. The van der Waals surface area contributed by atoms with Gasteiger partial charge in [-0.3, -0.25) is 19.1 Å². The number of carbonyl (C=O) groups is 1. The second kappa shape index (κ2) is 4.59. The van der Waals surface area contributed by atoms with E-state index in [0.717, 1.165) is 0 Å². The van der Waals surface area contributed by atoms with E-state index in [-0.39, 0.29) is 29.6 Å². The zero-order valence-electron chi connectivity index (χ0n) is 11.3. The molecule has 1 N–H and O–H groups in total. The van der Waals surface area contributed by atoms with E-state index in [9.17, 15) is 14.4 Å². The second-order valence-corrected chi connectivity index (χ2v) is 5.41. The summed E-state index contributed by atoms with van der Waals surface area (Å²) in [7, 11) is 0. The van der Waals surface area contributed by atoms with Crippen LogP contribution < -0.4 is 11.2 Å². The summed E-state index contributed by atoms with van der Waals surface area (Å²) in [6, 6.07) is 0. The van der Waals surface area contributed by atoms with Crippen LogP contribution >= 0.6 is 0 Å². The van der Waals surface area contributed by atoms with Crippen molar-refractivity contribution in [3.63, 3.8) is 0 Å². The average molecular weight is 280 g/mol. The lowest BCUT2D eigenvalue weighted by Crippen LogP contribution is -2.34. The standard InChI is InChI=1S/C13H16N2O5/c1-6-3-15(13(18)14-11(6)17)12-10-8(4-19-7(2)16)9(10)5-20-12/h3,8-10,12H,4-5H2,1-2H3,(H,14,17,18)/t8-,9+,10-,12-/m0/s1. The Hall–Kier alpha value is -1.89. The lowest BCUT2D eigenvalue weighted by Gasteiger charge is -2.17. The molecule has 1 aliphatic heterocycles. The molecule has 2 fully saturated rings. The molecule has 4 atom stereocenters. The van der Waals surface area contributed by atoms with E-state index in [4.69, 9.17) is 9.47 Å². The summed E-state index contributed by atoms with van der Waals surface area (Å²) in [6.07, 6.45) is 1.14. The van der Waals surface area contributed by atoms with Crippen LogP contribution in [0, 0.1) is 24.7 Å². The highest BCUT2D eigenvalue weighted by Crippen LogP contribution is 2.58. The van der Waals surface area contributed by atoms with Crippen molar-refractivity contribution in [1.82, 2.24) is 9.55 Å². The van der Waals surface area contributed by atoms with Crippen molar-refractivity contribution in [3.8, 4) is 0 Å². The van der Waals surface area contributed by atoms with Crippen LogP contribution in [0.15, 0.2) is 15.8 Å². The Morgan fingerprint density at radius 1 is 1.55 bits per heavy atom. The minimum absolute atomic E-state index is 0.164. The highest BCUT2D eigenvalue weighted by Gasteiger charge is 2.60. The fourth-order valence-corrected chi connectivity index (χ4v) is 2.94. The molecule has 0 unspecified atom stereocenters. The van der Waals surface area contributed by atoms with E-state index >= 15 is 0 Å². The summed E-state index contributed by atoms with van der Waals surface area (Å²) in [5, 5.41) is 0. The Labute approximate surface area is 114 Å². The minimum Gasteiger partial charge on any atom is -0.466 e. The summed E-state index contributed by atoms with van der Waals surface area (Å²) in [5.74, 6) is 0.414.